The highest BCUT2D eigenvalue weighted by Crippen LogP contribution is 2.40. The van der Waals surface area contributed by atoms with Crippen molar-refractivity contribution in [1.82, 2.24) is 5.32 Å². The van der Waals surface area contributed by atoms with E-state index in [9.17, 15) is 24.5 Å². The van der Waals surface area contributed by atoms with Gasteiger partial charge in [0.05, 0.1) is 28.6 Å². The molecule has 1 heterocycles. The van der Waals surface area contributed by atoms with Crippen LogP contribution in [0.3, 0.4) is 0 Å². The molecule has 1 aliphatic rings. The number of nitrogens with zero attached hydrogens (tertiary/aromatic N) is 1. The van der Waals surface area contributed by atoms with Crippen molar-refractivity contribution in [2.75, 3.05) is 13.2 Å². The summed E-state index contributed by atoms with van der Waals surface area (Å²) in [6, 6.07) is 5.67. The SMILES string of the molecule is CCOC(=O)C1=C(C)NC(C)=C(C(=O)OCC(C)=O)C1c1cccc([N+](=O)[O-])c1. The Balaban J connectivity index is 2.64. The zero-order valence-electron chi connectivity index (χ0n) is 16.6. The minimum atomic E-state index is -0.949. The Bertz CT molecular complexity index is 931. The number of esters is 2. The van der Waals surface area contributed by atoms with Gasteiger partial charge >= 0.3 is 11.9 Å². The van der Waals surface area contributed by atoms with E-state index in [0.717, 1.165) is 0 Å². The smallest absolute Gasteiger partial charge is 0.337 e. The first-order chi connectivity index (χ1) is 13.7. The van der Waals surface area contributed by atoms with Crippen molar-refractivity contribution < 1.29 is 28.8 Å². The zero-order chi connectivity index (χ0) is 21.7. The first-order valence-electron chi connectivity index (χ1n) is 8.93. The third kappa shape index (κ3) is 4.87. The maximum atomic E-state index is 12.8. The molecule has 0 saturated heterocycles. The van der Waals surface area contributed by atoms with Crippen LogP contribution in [0.1, 0.15) is 39.2 Å². The lowest BCUT2D eigenvalue weighted by Crippen LogP contribution is -2.33. The van der Waals surface area contributed by atoms with Crippen LogP contribution in [0.15, 0.2) is 46.8 Å². The predicted octanol–water partition coefficient (Wildman–Crippen LogP) is 2.52. The summed E-state index contributed by atoms with van der Waals surface area (Å²) < 4.78 is 10.2. The lowest BCUT2D eigenvalue weighted by Gasteiger charge is -2.30. The predicted molar refractivity (Wildman–Crippen MR) is 103 cm³/mol. The van der Waals surface area contributed by atoms with Gasteiger partial charge in [0.25, 0.3) is 5.69 Å². The van der Waals surface area contributed by atoms with E-state index in [2.05, 4.69) is 5.32 Å². The van der Waals surface area contributed by atoms with Crippen LogP contribution in [-0.2, 0) is 23.9 Å². The first kappa shape index (κ1) is 21.8. The van der Waals surface area contributed by atoms with Gasteiger partial charge in [0, 0.05) is 23.5 Å². The number of nitro benzene ring substituents is 1. The van der Waals surface area contributed by atoms with E-state index in [1.54, 1.807) is 26.8 Å². The van der Waals surface area contributed by atoms with Crippen LogP contribution in [0.25, 0.3) is 0 Å². The summed E-state index contributed by atoms with van der Waals surface area (Å²) in [5.74, 6) is -2.74. The van der Waals surface area contributed by atoms with Gasteiger partial charge in [-0.05, 0) is 33.3 Å². The Morgan fingerprint density at radius 3 is 2.21 bits per heavy atom. The number of ketones is 1. The highest BCUT2D eigenvalue weighted by Gasteiger charge is 2.38. The minimum Gasteiger partial charge on any atom is -0.463 e. The van der Waals surface area contributed by atoms with Crippen LogP contribution in [0, 0.1) is 10.1 Å². The second-order valence-electron chi connectivity index (χ2n) is 6.49. The number of hydrogen-bond donors (Lipinski definition) is 1. The Morgan fingerprint density at radius 1 is 1.10 bits per heavy atom. The van der Waals surface area contributed by atoms with Crippen molar-refractivity contribution >= 4 is 23.4 Å². The number of non-ortho nitro benzene ring substituents is 1. The molecule has 154 valence electrons. The van der Waals surface area contributed by atoms with Gasteiger partial charge in [-0.1, -0.05) is 12.1 Å². The molecule has 2 rings (SSSR count). The summed E-state index contributed by atoms with van der Waals surface area (Å²) in [4.78, 5) is 47.3. The van der Waals surface area contributed by atoms with E-state index in [1.807, 2.05) is 0 Å². The molecule has 1 aliphatic heterocycles. The molecule has 0 spiro atoms. The number of hydrogen-bond acceptors (Lipinski definition) is 8. The molecule has 0 bridgehead atoms. The fourth-order valence-corrected chi connectivity index (χ4v) is 3.14. The molecule has 1 atom stereocenters. The number of nitro groups is 1. The molecule has 0 fully saturated rings. The molecule has 0 radical (unpaired) electrons. The molecule has 9 nitrogen and oxygen atoms in total. The van der Waals surface area contributed by atoms with Gasteiger partial charge in [0.1, 0.15) is 6.61 Å². The van der Waals surface area contributed by atoms with Gasteiger partial charge in [-0.2, -0.15) is 0 Å². The van der Waals surface area contributed by atoms with E-state index in [-0.39, 0.29) is 29.2 Å². The van der Waals surface area contributed by atoms with E-state index >= 15 is 0 Å². The van der Waals surface area contributed by atoms with Crippen LogP contribution in [-0.4, -0.2) is 35.9 Å². The summed E-state index contributed by atoms with van der Waals surface area (Å²) in [5.41, 5.74) is 1.28. The average Bonchev–Trinajstić information content (AvgIpc) is 2.65. The molecule has 0 saturated carbocycles. The van der Waals surface area contributed by atoms with Crippen molar-refractivity contribution in [3.8, 4) is 0 Å². The van der Waals surface area contributed by atoms with Gasteiger partial charge < -0.3 is 14.8 Å². The van der Waals surface area contributed by atoms with E-state index in [0.29, 0.717) is 17.0 Å². The largest absolute Gasteiger partial charge is 0.463 e. The van der Waals surface area contributed by atoms with Crippen LogP contribution < -0.4 is 5.32 Å². The van der Waals surface area contributed by atoms with Gasteiger partial charge in [-0.3, -0.25) is 14.9 Å². The maximum absolute atomic E-state index is 12.8. The molecule has 29 heavy (non-hydrogen) atoms. The minimum absolute atomic E-state index is 0.0837. The van der Waals surface area contributed by atoms with Crippen molar-refractivity contribution in [1.29, 1.82) is 0 Å². The average molecular weight is 402 g/mol. The van der Waals surface area contributed by atoms with E-state index < -0.39 is 29.4 Å². The molecule has 1 N–H and O–H groups in total. The van der Waals surface area contributed by atoms with Crippen molar-refractivity contribution in [2.45, 2.75) is 33.6 Å². The van der Waals surface area contributed by atoms with Crippen LogP contribution >= 0.6 is 0 Å². The number of Topliss-reactive ketones (excluding diaryl/α,β-unsaturated/α-hetero) is 1. The highest BCUT2D eigenvalue weighted by molar-refractivity contribution is 6.00. The summed E-state index contributed by atoms with van der Waals surface area (Å²) in [6.07, 6.45) is 0. The molecular formula is C20H22N2O7. The van der Waals surface area contributed by atoms with Gasteiger partial charge in [0.2, 0.25) is 0 Å². The lowest BCUT2D eigenvalue weighted by molar-refractivity contribution is -0.384. The molecule has 1 aromatic carbocycles. The quantitative estimate of drug-likeness (QED) is 0.419. The fourth-order valence-electron chi connectivity index (χ4n) is 3.14. The monoisotopic (exact) mass is 402 g/mol. The fraction of sp³-hybridized carbons (Fsp3) is 0.350. The molecule has 1 aromatic rings. The number of carbonyl (C=O) groups is 3. The van der Waals surface area contributed by atoms with Crippen molar-refractivity contribution in [2.24, 2.45) is 0 Å². The highest BCUT2D eigenvalue weighted by atomic mass is 16.6. The number of ether oxygens (including phenoxy) is 2. The van der Waals surface area contributed by atoms with Crippen LogP contribution in [0.4, 0.5) is 5.69 Å². The summed E-state index contributed by atoms with van der Waals surface area (Å²) in [6.45, 7) is 5.89. The Labute approximate surface area is 167 Å². The summed E-state index contributed by atoms with van der Waals surface area (Å²) in [5, 5.41) is 14.2. The molecule has 1 unspecified atom stereocenters. The van der Waals surface area contributed by atoms with Gasteiger partial charge in [-0.15, -0.1) is 0 Å². The first-order valence-corrected chi connectivity index (χ1v) is 8.93. The normalized spacial score (nSPS) is 16.2. The van der Waals surface area contributed by atoms with Gasteiger partial charge in [-0.25, -0.2) is 9.59 Å². The third-order valence-electron chi connectivity index (χ3n) is 4.30. The number of allylic oxidation sites excluding steroid dienone is 2. The molecule has 0 amide bonds. The van der Waals surface area contributed by atoms with Crippen molar-refractivity contribution in [3.05, 3.63) is 62.5 Å². The van der Waals surface area contributed by atoms with Crippen LogP contribution in [0.5, 0.6) is 0 Å². The molecule has 0 aliphatic carbocycles. The number of dihydropyridines is 1. The molecule has 0 aromatic heterocycles. The second-order valence-corrected chi connectivity index (χ2v) is 6.49. The zero-order valence-corrected chi connectivity index (χ0v) is 16.6. The number of benzene rings is 1. The topological polar surface area (TPSA) is 125 Å². The lowest BCUT2D eigenvalue weighted by atomic mass is 9.80. The molecule has 9 heteroatoms. The number of rotatable bonds is 7. The Morgan fingerprint density at radius 2 is 1.69 bits per heavy atom. The second kappa shape index (κ2) is 9.13. The number of carbonyl (C=O) groups excluding carboxylic acids is 3. The Kier molecular flexibility index (Phi) is 6.87. The standard InChI is InChI=1S/C20H22N2O7/c1-5-28-19(24)16-12(3)21-13(4)17(20(25)29-10-11(2)23)18(16)14-7-6-8-15(9-14)22(26)27/h6-9,18,21H,5,10H2,1-4H3. The summed E-state index contributed by atoms with van der Waals surface area (Å²) in [7, 11) is 0. The summed E-state index contributed by atoms with van der Waals surface area (Å²) >= 11 is 0. The van der Waals surface area contributed by atoms with E-state index in [1.165, 1.54) is 25.1 Å². The van der Waals surface area contributed by atoms with E-state index in [4.69, 9.17) is 9.47 Å². The van der Waals surface area contributed by atoms with Crippen molar-refractivity contribution in [3.63, 3.8) is 0 Å². The molecular weight excluding hydrogens is 380 g/mol. The number of nitrogens with one attached hydrogen (secondary N) is 1. The Hall–Kier alpha value is -3.49. The third-order valence-corrected chi connectivity index (χ3v) is 4.30. The maximum Gasteiger partial charge on any atom is 0.337 e. The van der Waals surface area contributed by atoms with Gasteiger partial charge in [0.15, 0.2) is 5.78 Å². The van der Waals surface area contributed by atoms with Crippen LogP contribution in [0.2, 0.25) is 0 Å².